The van der Waals surface area contributed by atoms with E-state index in [2.05, 4.69) is 19.6 Å². The molecule has 5 saturated heterocycles. The first kappa shape index (κ1) is 22.3. The first-order chi connectivity index (χ1) is 16.7. The second-order valence-corrected chi connectivity index (χ2v) is 12.2. The maximum absolute atomic E-state index is 6.19. The van der Waals surface area contributed by atoms with Gasteiger partial charge in [0.05, 0.1) is 63.6 Å². The first-order valence-corrected chi connectivity index (χ1v) is 13.7. The third-order valence-electron chi connectivity index (χ3n) is 9.86. The molecule has 7 rings (SSSR count). The Balaban J connectivity index is 1.26. The molecule has 1 aliphatic carbocycles. The summed E-state index contributed by atoms with van der Waals surface area (Å²) in [4.78, 5) is 0. The maximum atomic E-state index is 6.19. The summed E-state index contributed by atoms with van der Waals surface area (Å²) in [6, 6.07) is 0. The second kappa shape index (κ2) is 8.58. The van der Waals surface area contributed by atoms with Gasteiger partial charge < -0.3 is 28.4 Å². The van der Waals surface area contributed by atoms with Gasteiger partial charge in [0.2, 0.25) is 0 Å². The van der Waals surface area contributed by atoms with E-state index >= 15 is 0 Å². The zero-order chi connectivity index (χ0) is 22.9. The van der Waals surface area contributed by atoms with Gasteiger partial charge in [-0.25, -0.2) is 0 Å². The molecule has 188 valence electrons. The van der Waals surface area contributed by atoms with E-state index in [9.17, 15) is 0 Å². The van der Waals surface area contributed by atoms with Crippen LogP contribution < -0.4 is 0 Å². The van der Waals surface area contributed by atoms with E-state index < -0.39 is 0 Å². The average Bonchev–Trinajstić information content (AvgIpc) is 3.67. The van der Waals surface area contributed by atoms with Gasteiger partial charge in [-0.05, 0) is 68.1 Å². The Morgan fingerprint density at radius 2 is 1.65 bits per heavy atom. The summed E-state index contributed by atoms with van der Waals surface area (Å²) in [6.45, 7) is 11.1. The van der Waals surface area contributed by atoms with Crippen LogP contribution in [0.1, 0.15) is 45.4 Å². The molecule has 0 bridgehead atoms. The van der Waals surface area contributed by atoms with Crippen molar-refractivity contribution in [2.45, 2.75) is 76.0 Å². The SMILES string of the molecule is C=CCC(CC(C1CO1)C1CO1)C(C1CO1)C(C(CC1CO1)C1CO1)C1(C2=CO2)CCC(C)C1. The molecule has 6 heteroatoms. The van der Waals surface area contributed by atoms with Gasteiger partial charge in [0.15, 0.2) is 0 Å². The fourth-order valence-corrected chi connectivity index (χ4v) is 7.92. The standard InChI is InChI=1S/C28H40O6/c1-3-4-17(7-19(21-11-30-21)22-12-31-22)26(24-14-33-24)27(20(23-13-32-23)8-18-10-29-18)28(25-15-34-25)6-5-16(2)9-28/h3,15-24,26-27H,1,4-14H2,2H3. The average molecular weight is 473 g/mol. The van der Waals surface area contributed by atoms with E-state index in [-0.39, 0.29) is 5.41 Å². The van der Waals surface area contributed by atoms with Gasteiger partial charge in [0, 0.05) is 11.3 Å². The highest BCUT2D eigenvalue weighted by Gasteiger charge is 2.62. The summed E-state index contributed by atoms with van der Waals surface area (Å²) < 4.78 is 35.6. The van der Waals surface area contributed by atoms with Gasteiger partial charge in [-0.2, -0.15) is 0 Å². The molecule has 0 N–H and O–H groups in total. The quantitative estimate of drug-likeness (QED) is 0.264. The summed E-state index contributed by atoms with van der Waals surface area (Å²) in [7, 11) is 0. The molecule has 0 aromatic heterocycles. The highest BCUT2D eigenvalue weighted by molar-refractivity contribution is 5.23. The molecule has 6 nitrogen and oxygen atoms in total. The molecule has 6 aliphatic heterocycles. The summed E-state index contributed by atoms with van der Waals surface area (Å²) in [5, 5.41) is 0. The third-order valence-corrected chi connectivity index (χ3v) is 9.86. The van der Waals surface area contributed by atoms with Crippen molar-refractivity contribution in [3.05, 3.63) is 24.7 Å². The third kappa shape index (κ3) is 4.50. The molecule has 11 atom stereocenters. The topological polar surface area (TPSA) is 75.2 Å². The molecule has 7 aliphatic rings. The molecule has 11 unspecified atom stereocenters. The summed E-state index contributed by atoms with van der Waals surface area (Å²) in [6.07, 6.45) is 12.9. The number of hydrogen-bond donors (Lipinski definition) is 0. The maximum Gasteiger partial charge on any atom is 0.145 e. The van der Waals surface area contributed by atoms with E-state index in [4.69, 9.17) is 28.4 Å². The van der Waals surface area contributed by atoms with Crippen LogP contribution in [0.2, 0.25) is 0 Å². The molecule has 6 heterocycles. The van der Waals surface area contributed by atoms with Gasteiger partial charge in [-0.15, -0.1) is 6.58 Å². The molecule has 0 spiro atoms. The van der Waals surface area contributed by atoms with Crippen molar-refractivity contribution in [2.24, 2.45) is 40.9 Å². The summed E-state index contributed by atoms with van der Waals surface area (Å²) in [5.41, 5.74) is 0.0998. The van der Waals surface area contributed by atoms with Crippen molar-refractivity contribution >= 4 is 0 Å². The van der Waals surface area contributed by atoms with Crippen molar-refractivity contribution in [3.63, 3.8) is 0 Å². The molecular weight excluding hydrogens is 432 g/mol. The van der Waals surface area contributed by atoms with E-state index in [1.165, 1.54) is 25.0 Å². The van der Waals surface area contributed by atoms with Crippen molar-refractivity contribution in [1.82, 2.24) is 0 Å². The molecule has 0 aromatic carbocycles. The fourth-order valence-electron chi connectivity index (χ4n) is 7.92. The van der Waals surface area contributed by atoms with Crippen LogP contribution in [0.15, 0.2) is 24.7 Å². The van der Waals surface area contributed by atoms with E-state index in [1.807, 2.05) is 6.26 Å². The fraction of sp³-hybridized carbons (Fsp3) is 0.857. The van der Waals surface area contributed by atoms with Crippen LogP contribution in [0, 0.1) is 40.9 Å². The van der Waals surface area contributed by atoms with E-state index in [0.717, 1.165) is 58.2 Å². The highest BCUT2D eigenvalue weighted by atomic mass is 16.6. The normalized spacial score (nSPS) is 45.3. The zero-order valence-electron chi connectivity index (χ0n) is 20.4. The number of rotatable bonds is 15. The Morgan fingerprint density at radius 1 is 1.00 bits per heavy atom. The zero-order valence-corrected chi connectivity index (χ0v) is 20.4. The monoisotopic (exact) mass is 472 g/mol. The van der Waals surface area contributed by atoms with Crippen LogP contribution in [0.4, 0.5) is 0 Å². The first-order valence-electron chi connectivity index (χ1n) is 13.7. The van der Waals surface area contributed by atoms with Crippen LogP contribution >= 0.6 is 0 Å². The van der Waals surface area contributed by atoms with Gasteiger partial charge in [0.25, 0.3) is 0 Å². The lowest BCUT2D eigenvalue weighted by Gasteiger charge is -2.47. The van der Waals surface area contributed by atoms with Crippen molar-refractivity contribution in [1.29, 1.82) is 0 Å². The Labute approximate surface area is 203 Å². The lowest BCUT2D eigenvalue weighted by Crippen LogP contribution is -2.46. The lowest BCUT2D eigenvalue weighted by atomic mass is 9.56. The lowest BCUT2D eigenvalue weighted by molar-refractivity contribution is -0.00595. The van der Waals surface area contributed by atoms with Gasteiger partial charge in [-0.1, -0.05) is 13.0 Å². The smallest absolute Gasteiger partial charge is 0.145 e. The Kier molecular flexibility index (Phi) is 5.63. The summed E-state index contributed by atoms with van der Waals surface area (Å²) in [5.74, 6) is 4.38. The molecular formula is C28H40O6. The van der Waals surface area contributed by atoms with Crippen LogP contribution in [0.5, 0.6) is 0 Å². The van der Waals surface area contributed by atoms with Crippen molar-refractivity contribution in [2.75, 3.05) is 33.0 Å². The minimum Gasteiger partial charge on any atom is -0.462 e. The largest absolute Gasteiger partial charge is 0.462 e. The Hall–Kier alpha value is -0.920. The predicted molar refractivity (Wildman–Crippen MR) is 125 cm³/mol. The van der Waals surface area contributed by atoms with Gasteiger partial charge >= 0.3 is 0 Å². The van der Waals surface area contributed by atoms with E-state index in [1.54, 1.807) is 0 Å². The molecule has 0 aromatic rings. The Morgan fingerprint density at radius 3 is 2.12 bits per heavy atom. The van der Waals surface area contributed by atoms with E-state index in [0.29, 0.717) is 60.1 Å². The molecule has 6 fully saturated rings. The molecule has 0 radical (unpaired) electrons. The van der Waals surface area contributed by atoms with Crippen LogP contribution in [-0.2, 0) is 28.4 Å². The van der Waals surface area contributed by atoms with Crippen molar-refractivity contribution in [3.8, 4) is 0 Å². The van der Waals surface area contributed by atoms with Crippen LogP contribution in [0.25, 0.3) is 0 Å². The molecule has 1 saturated carbocycles. The van der Waals surface area contributed by atoms with Crippen LogP contribution in [0.3, 0.4) is 0 Å². The molecule has 0 amide bonds. The minimum absolute atomic E-state index is 0.0998. The summed E-state index contributed by atoms with van der Waals surface area (Å²) >= 11 is 0. The van der Waals surface area contributed by atoms with Gasteiger partial charge in [0.1, 0.15) is 12.0 Å². The number of hydrogen-bond acceptors (Lipinski definition) is 6. The minimum atomic E-state index is 0.0998. The number of allylic oxidation sites excluding steroid dienone is 2. The van der Waals surface area contributed by atoms with Crippen LogP contribution in [-0.4, -0.2) is 63.6 Å². The van der Waals surface area contributed by atoms with Crippen molar-refractivity contribution < 1.29 is 28.4 Å². The second-order valence-electron chi connectivity index (χ2n) is 12.2. The number of epoxide rings is 5. The highest BCUT2D eigenvalue weighted by Crippen LogP contribution is 2.64. The number of ether oxygens (including phenoxy) is 6. The molecule has 34 heavy (non-hydrogen) atoms. The predicted octanol–water partition coefficient (Wildman–Crippen LogP) is 4.10. The van der Waals surface area contributed by atoms with Gasteiger partial charge in [-0.3, -0.25) is 0 Å². The Bertz CT molecular complexity index is 796.